The molecular formula is C15H13FO. The zero-order valence-corrected chi connectivity index (χ0v) is 9.56. The minimum atomic E-state index is -0.220. The topological polar surface area (TPSA) is 9.23 Å². The number of hydrogen-bond donors (Lipinski definition) is 0. The Morgan fingerprint density at radius 2 is 1.65 bits per heavy atom. The summed E-state index contributed by atoms with van der Waals surface area (Å²) in [6.07, 6.45) is 3.82. The third-order valence-electron chi connectivity index (χ3n) is 2.43. The highest BCUT2D eigenvalue weighted by molar-refractivity contribution is 5.69. The lowest BCUT2D eigenvalue weighted by molar-refractivity contribution is 0.415. The standard InChI is InChI=1S/C15H13FO/c1-17-15-9-7-12(8-10-15)5-6-13-3-2-4-14(16)11-13/h2-11H,1H3. The van der Waals surface area contributed by atoms with E-state index >= 15 is 0 Å². The molecule has 0 spiro atoms. The summed E-state index contributed by atoms with van der Waals surface area (Å²) in [5.41, 5.74) is 1.90. The highest BCUT2D eigenvalue weighted by Crippen LogP contribution is 2.14. The summed E-state index contributed by atoms with van der Waals surface area (Å²) in [6.45, 7) is 0. The zero-order valence-electron chi connectivity index (χ0n) is 9.56. The van der Waals surface area contributed by atoms with Crippen molar-refractivity contribution in [3.63, 3.8) is 0 Å². The van der Waals surface area contributed by atoms with Crippen molar-refractivity contribution in [3.05, 3.63) is 65.5 Å². The minimum absolute atomic E-state index is 0.220. The Balaban J connectivity index is 2.14. The van der Waals surface area contributed by atoms with Crippen molar-refractivity contribution in [2.45, 2.75) is 0 Å². The monoisotopic (exact) mass is 228 g/mol. The lowest BCUT2D eigenvalue weighted by Gasteiger charge is -1.99. The second-order valence-electron chi connectivity index (χ2n) is 3.66. The Morgan fingerprint density at radius 1 is 0.941 bits per heavy atom. The van der Waals surface area contributed by atoms with Crippen LogP contribution in [0.2, 0.25) is 0 Å². The second-order valence-corrected chi connectivity index (χ2v) is 3.66. The fourth-order valence-corrected chi connectivity index (χ4v) is 1.52. The minimum Gasteiger partial charge on any atom is -0.497 e. The fourth-order valence-electron chi connectivity index (χ4n) is 1.52. The molecule has 0 unspecified atom stereocenters. The molecule has 0 aliphatic carbocycles. The molecule has 2 aromatic rings. The van der Waals surface area contributed by atoms with Crippen molar-refractivity contribution in [1.29, 1.82) is 0 Å². The molecule has 86 valence electrons. The maximum absolute atomic E-state index is 12.9. The van der Waals surface area contributed by atoms with E-state index in [1.54, 1.807) is 13.2 Å². The molecule has 1 nitrogen and oxygen atoms in total. The summed E-state index contributed by atoms with van der Waals surface area (Å²) in [6, 6.07) is 14.2. The van der Waals surface area contributed by atoms with Crippen LogP contribution >= 0.6 is 0 Å². The first-order valence-corrected chi connectivity index (χ1v) is 5.35. The van der Waals surface area contributed by atoms with Gasteiger partial charge >= 0.3 is 0 Å². The molecule has 2 heteroatoms. The number of rotatable bonds is 3. The molecule has 0 heterocycles. The Hall–Kier alpha value is -2.09. The summed E-state index contributed by atoms with van der Waals surface area (Å²) in [7, 11) is 1.64. The van der Waals surface area contributed by atoms with E-state index in [9.17, 15) is 4.39 Å². The molecular weight excluding hydrogens is 215 g/mol. The van der Waals surface area contributed by atoms with Crippen molar-refractivity contribution in [2.24, 2.45) is 0 Å². The lowest BCUT2D eigenvalue weighted by atomic mass is 10.1. The van der Waals surface area contributed by atoms with E-state index in [0.29, 0.717) is 0 Å². The van der Waals surface area contributed by atoms with Crippen LogP contribution in [0.25, 0.3) is 12.2 Å². The molecule has 0 aromatic heterocycles. The maximum Gasteiger partial charge on any atom is 0.123 e. The smallest absolute Gasteiger partial charge is 0.123 e. The highest BCUT2D eigenvalue weighted by Gasteiger charge is 1.92. The summed E-state index contributed by atoms with van der Waals surface area (Å²) in [4.78, 5) is 0. The van der Waals surface area contributed by atoms with Gasteiger partial charge < -0.3 is 4.74 Å². The van der Waals surface area contributed by atoms with E-state index in [0.717, 1.165) is 16.9 Å². The average molecular weight is 228 g/mol. The first kappa shape index (κ1) is 11.4. The quantitative estimate of drug-likeness (QED) is 0.721. The van der Waals surface area contributed by atoms with Crippen LogP contribution in [-0.2, 0) is 0 Å². The molecule has 0 saturated heterocycles. The summed E-state index contributed by atoms with van der Waals surface area (Å²) in [5, 5.41) is 0. The Labute approximate surface area is 100 Å². The van der Waals surface area contributed by atoms with Gasteiger partial charge in [0.1, 0.15) is 11.6 Å². The van der Waals surface area contributed by atoms with Crippen LogP contribution in [0.4, 0.5) is 4.39 Å². The molecule has 0 radical (unpaired) electrons. The van der Waals surface area contributed by atoms with Crippen LogP contribution in [0.3, 0.4) is 0 Å². The van der Waals surface area contributed by atoms with Gasteiger partial charge in [-0.3, -0.25) is 0 Å². The van der Waals surface area contributed by atoms with E-state index in [1.807, 2.05) is 42.5 Å². The Kier molecular flexibility index (Phi) is 3.55. The van der Waals surface area contributed by atoms with Gasteiger partial charge in [-0.15, -0.1) is 0 Å². The summed E-state index contributed by atoms with van der Waals surface area (Å²) in [5.74, 6) is 0.606. The molecule has 0 bridgehead atoms. The third-order valence-corrected chi connectivity index (χ3v) is 2.43. The largest absolute Gasteiger partial charge is 0.497 e. The SMILES string of the molecule is COc1ccc(C=Cc2cccc(F)c2)cc1. The van der Waals surface area contributed by atoms with Crippen molar-refractivity contribution >= 4 is 12.2 Å². The van der Waals surface area contributed by atoms with Gasteiger partial charge in [0.25, 0.3) is 0 Å². The highest BCUT2D eigenvalue weighted by atomic mass is 19.1. The second kappa shape index (κ2) is 5.30. The Bertz CT molecular complexity index is 515. The first-order chi connectivity index (χ1) is 8.28. The summed E-state index contributed by atoms with van der Waals surface area (Å²) < 4.78 is 18.0. The molecule has 0 fully saturated rings. The van der Waals surface area contributed by atoms with E-state index < -0.39 is 0 Å². The van der Waals surface area contributed by atoms with Crippen LogP contribution in [0.15, 0.2) is 48.5 Å². The number of ether oxygens (including phenoxy) is 1. The molecule has 0 saturated carbocycles. The predicted octanol–water partition coefficient (Wildman–Crippen LogP) is 4.00. The van der Waals surface area contributed by atoms with Gasteiger partial charge in [0.05, 0.1) is 7.11 Å². The van der Waals surface area contributed by atoms with E-state index in [4.69, 9.17) is 4.74 Å². The van der Waals surface area contributed by atoms with Crippen molar-refractivity contribution in [3.8, 4) is 5.75 Å². The van der Waals surface area contributed by atoms with Crippen molar-refractivity contribution < 1.29 is 9.13 Å². The van der Waals surface area contributed by atoms with Gasteiger partial charge in [-0.25, -0.2) is 4.39 Å². The van der Waals surface area contributed by atoms with Gasteiger partial charge in [0, 0.05) is 0 Å². The van der Waals surface area contributed by atoms with E-state index in [1.165, 1.54) is 12.1 Å². The maximum atomic E-state index is 12.9. The molecule has 2 rings (SSSR count). The van der Waals surface area contributed by atoms with Crippen LogP contribution in [-0.4, -0.2) is 7.11 Å². The third kappa shape index (κ3) is 3.18. The average Bonchev–Trinajstić information content (AvgIpc) is 2.37. The molecule has 0 aliphatic rings. The number of benzene rings is 2. The van der Waals surface area contributed by atoms with E-state index in [2.05, 4.69) is 0 Å². The summed E-state index contributed by atoms with van der Waals surface area (Å²) >= 11 is 0. The van der Waals surface area contributed by atoms with Gasteiger partial charge in [-0.05, 0) is 35.4 Å². The van der Waals surface area contributed by atoms with Gasteiger partial charge in [-0.1, -0.05) is 36.4 Å². The molecule has 0 N–H and O–H groups in total. The predicted molar refractivity (Wildman–Crippen MR) is 68.3 cm³/mol. The fraction of sp³-hybridized carbons (Fsp3) is 0.0667. The van der Waals surface area contributed by atoms with E-state index in [-0.39, 0.29) is 5.82 Å². The normalized spacial score (nSPS) is 10.7. The van der Waals surface area contributed by atoms with Gasteiger partial charge in [0.2, 0.25) is 0 Å². The van der Waals surface area contributed by atoms with Gasteiger partial charge in [-0.2, -0.15) is 0 Å². The lowest BCUT2D eigenvalue weighted by Crippen LogP contribution is -1.81. The molecule has 0 aliphatic heterocycles. The van der Waals surface area contributed by atoms with Crippen LogP contribution < -0.4 is 4.74 Å². The molecule has 2 aromatic carbocycles. The number of hydrogen-bond acceptors (Lipinski definition) is 1. The van der Waals surface area contributed by atoms with Crippen LogP contribution in [0, 0.1) is 5.82 Å². The number of methoxy groups -OCH3 is 1. The number of halogens is 1. The van der Waals surface area contributed by atoms with Crippen LogP contribution in [0.1, 0.15) is 11.1 Å². The molecule has 0 atom stereocenters. The first-order valence-electron chi connectivity index (χ1n) is 5.35. The van der Waals surface area contributed by atoms with Crippen molar-refractivity contribution in [1.82, 2.24) is 0 Å². The van der Waals surface area contributed by atoms with Crippen molar-refractivity contribution in [2.75, 3.05) is 7.11 Å². The zero-order chi connectivity index (χ0) is 12.1. The molecule has 17 heavy (non-hydrogen) atoms. The van der Waals surface area contributed by atoms with Gasteiger partial charge in [0.15, 0.2) is 0 Å². The van der Waals surface area contributed by atoms with Crippen LogP contribution in [0.5, 0.6) is 5.75 Å². The Morgan fingerprint density at radius 3 is 2.29 bits per heavy atom. The molecule has 0 amide bonds.